The normalized spacial score (nSPS) is 12.9. The monoisotopic (exact) mass is 395 g/mol. The third-order valence-corrected chi connectivity index (χ3v) is 5.00. The van der Waals surface area contributed by atoms with Gasteiger partial charge in [0.25, 0.3) is 0 Å². The van der Waals surface area contributed by atoms with Crippen LogP contribution in [-0.4, -0.2) is 6.61 Å². The maximum Gasteiger partial charge on any atom is 0.127 e. The van der Waals surface area contributed by atoms with Crippen LogP contribution in [0.25, 0.3) is 0 Å². The van der Waals surface area contributed by atoms with Gasteiger partial charge in [-0.05, 0) is 52.2 Å². The lowest BCUT2D eigenvalue weighted by molar-refractivity contribution is 0.354. The summed E-state index contributed by atoms with van der Waals surface area (Å²) < 4.78 is 7.99. The first-order valence-corrected chi connectivity index (χ1v) is 8.17. The van der Waals surface area contributed by atoms with E-state index < -0.39 is 0 Å². The first-order valence-electron chi connectivity index (χ1n) is 6.58. The molecule has 4 heteroatoms. The summed E-state index contributed by atoms with van der Waals surface area (Å²) in [6.45, 7) is 3.63. The first kappa shape index (κ1) is 14.0. The third kappa shape index (κ3) is 2.72. The van der Waals surface area contributed by atoms with Crippen molar-refractivity contribution < 1.29 is 4.74 Å². The molecule has 104 valence electrons. The Morgan fingerprint density at radius 2 is 2.10 bits per heavy atom. The first-order chi connectivity index (χ1) is 9.65. The summed E-state index contributed by atoms with van der Waals surface area (Å²) in [6.07, 6.45) is 0.996. The molecule has 1 aliphatic rings. The molecule has 3 rings (SSSR count). The van der Waals surface area contributed by atoms with Crippen molar-refractivity contribution in [3.63, 3.8) is 0 Å². The summed E-state index contributed by atoms with van der Waals surface area (Å²) in [6, 6.07) is 10.5. The van der Waals surface area contributed by atoms with Crippen molar-refractivity contribution in [2.45, 2.75) is 19.9 Å². The minimum absolute atomic E-state index is 0.754. The van der Waals surface area contributed by atoms with Gasteiger partial charge in [-0.1, -0.05) is 28.1 Å². The Balaban J connectivity index is 1.84. The van der Waals surface area contributed by atoms with E-state index in [1.54, 1.807) is 0 Å². The zero-order valence-corrected chi connectivity index (χ0v) is 14.3. The van der Waals surface area contributed by atoms with Crippen LogP contribution < -0.4 is 10.1 Å². The second-order valence-corrected chi connectivity index (χ2v) is 6.65. The van der Waals surface area contributed by atoms with E-state index in [1.165, 1.54) is 16.7 Å². The molecular weight excluding hydrogens is 382 g/mol. The zero-order chi connectivity index (χ0) is 14.1. The van der Waals surface area contributed by atoms with Gasteiger partial charge in [0.05, 0.1) is 6.61 Å². The van der Waals surface area contributed by atoms with Crippen LogP contribution in [0.1, 0.15) is 16.7 Å². The fourth-order valence-corrected chi connectivity index (χ4v) is 3.41. The number of nitrogens with one attached hydrogen (secondary N) is 1. The van der Waals surface area contributed by atoms with Gasteiger partial charge in [-0.3, -0.25) is 0 Å². The minimum Gasteiger partial charge on any atom is -0.493 e. The summed E-state index contributed by atoms with van der Waals surface area (Å²) in [5.41, 5.74) is 4.82. The molecular formula is C16H15Br2NO. The maximum absolute atomic E-state index is 5.75. The van der Waals surface area contributed by atoms with E-state index in [1.807, 2.05) is 0 Å². The van der Waals surface area contributed by atoms with Crippen molar-refractivity contribution in [3.8, 4) is 5.75 Å². The molecule has 1 aliphatic heterocycles. The average molecular weight is 397 g/mol. The zero-order valence-electron chi connectivity index (χ0n) is 11.2. The SMILES string of the molecule is Cc1cccc(NCc2cc(Br)cc3c2OCC3)c1Br. The van der Waals surface area contributed by atoms with E-state index in [0.29, 0.717) is 0 Å². The van der Waals surface area contributed by atoms with Crippen LogP contribution >= 0.6 is 31.9 Å². The van der Waals surface area contributed by atoms with Crippen LogP contribution in [0.4, 0.5) is 5.69 Å². The van der Waals surface area contributed by atoms with Gasteiger partial charge in [-0.25, -0.2) is 0 Å². The predicted molar refractivity (Wildman–Crippen MR) is 89.5 cm³/mol. The Kier molecular flexibility index (Phi) is 4.03. The highest BCUT2D eigenvalue weighted by molar-refractivity contribution is 9.11. The maximum atomic E-state index is 5.75. The molecule has 1 heterocycles. The molecule has 0 atom stereocenters. The molecule has 0 unspecified atom stereocenters. The number of hydrogen-bond acceptors (Lipinski definition) is 2. The largest absolute Gasteiger partial charge is 0.493 e. The standard InChI is InChI=1S/C16H15Br2NO/c1-10-3-2-4-14(15(10)18)19-9-12-8-13(17)7-11-5-6-20-16(11)12/h2-4,7-8,19H,5-6,9H2,1H3. The number of fused-ring (bicyclic) bond motifs is 1. The highest BCUT2D eigenvalue weighted by Crippen LogP contribution is 2.34. The minimum atomic E-state index is 0.754. The van der Waals surface area contributed by atoms with Gasteiger partial charge in [0.15, 0.2) is 0 Å². The molecule has 0 saturated heterocycles. The van der Waals surface area contributed by atoms with E-state index >= 15 is 0 Å². The summed E-state index contributed by atoms with van der Waals surface area (Å²) in [5, 5.41) is 3.48. The number of rotatable bonds is 3. The molecule has 20 heavy (non-hydrogen) atoms. The summed E-state index contributed by atoms with van der Waals surface area (Å²) >= 11 is 7.20. The van der Waals surface area contributed by atoms with Crippen LogP contribution in [0.15, 0.2) is 39.3 Å². The number of anilines is 1. The second-order valence-electron chi connectivity index (χ2n) is 4.94. The lowest BCUT2D eigenvalue weighted by Crippen LogP contribution is -2.02. The van der Waals surface area contributed by atoms with Crippen molar-refractivity contribution in [2.24, 2.45) is 0 Å². The number of hydrogen-bond donors (Lipinski definition) is 1. The molecule has 0 aromatic heterocycles. The Labute approximate surface area is 135 Å². The Morgan fingerprint density at radius 3 is 2.95 bits per heavy atom. The van der Waals surface area contributed by atoms with Crippen LogP contribution in [0, 0.1) is 6.92 Å². The van der Waals surface area contributed by atoms with Crippen LogP contribution in [0.2, 0.25) is 0 Å². The van der Waals surface area contributed by atoms with Crippen molar-refractivity contribution >= 4 is 37.5 Å². The fourth-order valence-electron chi connectivity index (χ4n) is 2.45. The number of ether oxygens (including phenoxy) is 1. The molecule has 0 amide bonds. The van der Waals surface area contributed by atoms with Gasteiger partial charge < -0.3 is 10.1 Å². The van der Waals surface area contributed by atoms with Crippen molar-refractivity contribution in [2.75, 3.05) is 11.9 Å². The number of aryl methyl sites for hydroxylation is 1. The molecule has 1 N–H and O–H groups in total. The van der Waals surface area contributed by atoms with E-state index in [2.05, 4.69) is 74.4 Å². The van der Waals surface area contributed by atoms with Crippen molar-refractivity contribution in [1.29, 1.82) is 0 Å². The van der Waals surface area contributed by atoms with Crippen LogP contribution in [0.3, 0.4) is 0 Å². The predicted octanol–water partition coefficient (Wildman–Crippen LogP) is 5.07. The van der Waals surface area contributed by atoms with Crippen LogP contribution in [-0.2, 0) is 13.0 Å². The van der Waals surface area contributed by atoms with Crippen LogP contribution in [0.5, 0.6) is 5.75 Å². The molecule has 0 saturated carbocycles. The highest BCUT2D eigenvalue weighted by atomic mass is 79.9. The molecule has 0 spiro atoms. The number of benzene rings is 2. The fraction of sp³-hybridized carbons (Fsp3) is 0.250. The second kappa shape index (κ2) is 5.78. The van der Waals surface area contributed by atoms with E-state index in [0.717, 1.165) is 40.0 Å². The smallest absolute Gasteiger partial charge is 0.127 e. The molecule has 0 radical (unpaired) electrons. The van der Waals surface area contributed by atoms with E-state index in [-0.39, 0.29) is 0 Å². The van der Waals surface area contributed by atoms with Crippen molar-refractivity contribution in [1.82, 2.24) is 0 Å². The molecule has 2 aromatic rings. The third-order valence-electron chi connectivity index (χ3n) is 3.49. The molecule has 0 aliphatic carbocycles. The Morgan fingerprint density at radius 1 is 1.25 bits per heavy atom. The van der Waals surface area contributed by atoms with E-state index in [4.69, 9.17) is 4.74 Å². The summed E-state index contributed by atoms with van der Waals surface area (Å²) in [4.78, 5) is 0. The topological polar surface area (TPSA) is 21.3 Å². The molecule has 2 aromatic carbocycles. The summed E-state index contributed by atoms with van der Waals surface area (Å²) in [5.74, 6) is 1.05. The van der Waals surface area contributed by atoms with Gasteiger partial charge in [-0.2, -0.15) is 0 Å². The number of halogens is 2. The van der Waals surface area contributed by atoms with E-state index in [9.17, 15) is 0 Å². The molecule has 0 fully saturated rings. The lowest BCUT2D eigenvalue weighted by atomic mass is 10.1. The molecule has 2 nitrogen and oxygen atoms in total. The van der Waals surface area contributed by atoms with Gasteiger partial charge in [-0.15, -0.1) is 0 Å². The van der Waals surface area contributed by atoms with Gasteiger partial charge in [0.2, 0.25) is 0 Å². The van der Waals surface area contributed by atoms with Gasteiger partial charge in [0.1, 0.15) is 5.75 Å². The lowest BCUT2D eigenvalue weighted by Gasteiger charge is -2.13. The Bertz CT molecular complexity index is 655. The molecule has 0 bridgehead atoms. The van der Waals surface area contributed by atoms with Gasteiger partial charge >= 0.3 is 0 Å². The average Bonchev–Trinajstić information content (AvgIpc) is 2.88. The highest BCUT2D eigenvalue weighted by Gasteiger charge is 2.17. The quantitative estimate of drug-likeness (QED) is 0.782. The Hall–Kier alpha value is -1.00. The van der Waals surface area contributed by atoms with Crippen molar-refractivity contribution in [3.05, 3.63) is 56.0 Å². The van der Waals surface area contributed by atoms with Gasteiger partial charge in [0, 0.05) is 33.2 Å². The summed E-state index contributed by atoms with van der Waals surface area (Å²) in [7, 11) is 0.